The molecule has 0 bridgehead atoms. The zero-order valence-corrected chi connectivity index (χ0v) is 16.8. The molecule has 3 nitrogen and oxygen atoms in total. The number of allylic oxidation sites excluding steroid dienone is 1. The minimum atomic E-state index is -0.598. The number of carbonyl (C=O) groups is 1. The largest absolute Gasteiger partial charge is 0.389 e. The van der Waals surface area contributed by atoms with Crippen molar-refractivity contribution in [2.45, 2.75) is 66.2 Å². The molecule has 1 amide bonds. The molecule has 1 atom stereocenters. The summed E-state index contributed by atoms with van der Waals surface area (Å²) in [4.78, 5) is 15.4. The first-order valence-corrected chi connectivity index (χ1v) is 9.38. The fraction of sp³-hybridized carbons (Fsp3) is 0.435. The number of hydrogen-bond donors (Lipinski definition) is 1. The lowest BCUT2D eigenvalue weighted by Gasteiger charge is -2.32. The Morgan fingerprint density at radius 1 is 1.04 bits per heavy atom. The van der Waals surface area contributed by atoms with Crippen molar-refractivity contribution in [2.75, 3.05) is 0 Å². The van der Waals surface area contributed by atoms with Crippen LogP contribution in [0.15, 0.2) is 48.0 Å². The van der Waals surface area contributed by atoms with Gasteiger partial charge in [-0.3, -0.25) is 4.79 Å². The van der Waals surface area contributed by atoms with Crippen molar-refractivity contribution in [3.63, 3.8) is 0 Å². The van der Waals surface area contributed by atoms with Gasteiger partial charge in [0.2, 0.25) is 0 Å². The quantitative estimate of drug-likeness (QED) is 0.745. The van der Waals surface area contributed by atoms with E-state index in [1.807, 2.05) is 88.9 Å². The van der Waals surface area contributed by atoms with E-state index >= 15 is 0 Å². The van der Waals surface area contributed by atoms with E-state index in [4.69, 9.17) is 0 Å². The topological polar surface area (TPSA) is 40.5 Å². The van der Waals surface area contributed by atoms with Crippen LogP contribution in [0.4, 0.5) is 0 Å². The van der Waals surface area contributed by atoms with E-state index in [0.29, 0.717) is 12.0 Å². The number of aliphatic hydroxyl groups is 1. The highest BCUT2D eigenvalue weighted by Gasteiger charge is 2.26. The van der Waals surface area contributed by atoms with Gasteiger partial charge in [-0.15, -0.1) is 0 Å². The van der Waals surface area contributed by atoms with Gasteiger partial charge in [0.1, 0.15) is 0 Å². The van der Waals surface area contributed by atoms with Gasteiger partial charge in [-0.25, -0.2) is 0 Å². The van der Waals surface area contributed by atoms with E-state index in [-0.39, 0.29) is 18.0 Å². The highest BCUT2D eigenvalue weighted by atomic mass is 16.3. The molecule has 0 fully saturated rings. The molecule has 1 unspecified atom stereocenters. The van der Waals surface area contributed by atoms with E-state index < -0.39 is 6.10 Å². The lowest BCUT2D eigenvalue weighted by Crippen LogP contribution is -2.42. The Hall–Kier alpha value is -2.13. The molecule has 0 saturated carbocycles. The summed E-state index contributed by atoms with van der Waals surface area (Å²) in [7, 11) is 0. The van der Waals surface area contributed by atoms with Crippen molar-refractivity contribution >= 4 is 16.7 Å². The van der Waals surface area contributed by atoms with Crippen LogP contribution in [0.3, 0.4) is 0 Å². The van der Waals surface area contributed by atoms with Gasteiger partial charge >= 0.3 is 0 Å². The summed E-state index contributed by atoms with van der Waals surface area (Å²) >= 11 is 0. The fourth-order valence-electron chi connectivity index (χ4n) is 3.60. The predicted molar refractivity (Wildman–Crippen MR) is 110 cm³/mol. The average Bonchev–Trinajstić information content (AvgIpc) is 2.52. The third kappa shape index (κ3) is 4.53. The highest BCUT2D eigenvalue weighted by Crippen LogP contribution is 2.27. The van der Waals surface area contributed by atoms with Crippen molar-refractivity contribution in [1.82, 2.24) is 4.90 Å². The van der Waals surface area contributed by atoms with E-state index in [1.165, 1.54) is 0 Å². The second kappa shape index (κ2) is 8.50. The van der Waals surface area contributed by atoms with E-state index in [2.05, 4.69) is 0 Å². The standard InChI is InChI=1S/C23H31NO2/c1-15(2)13-20(25)14-19-12-11-18-9-7-8-10-21(18)22(19)23(26)24(16(3)4)17(5)6/h7-13,16-17,20,25H,14H2,1-6H3. The molecule has 0 aliphatic rings. The number of benzene rings is 2. The highest BCUT2D eigenvalue weighted by molar-refractivity contribution is 6.08. The molecular weight excluding hydrogens is 322 g/mol. The Kier molecular flexibility index (Phi) is 6.60. The van der Waals surface area contributed by atoms with Gasteiger partial charge in [0.05, 0.1) is 11.7 Å². The number of hydrogen-bond acceptors (Lipinski definition) is 2. The van der Waals surface area contributed by atoms with Gasteiger partial charge in [-0.1, -0.05) is 48.0 Å². The Balaban J connectivity index is 2.61. The van der Waals surface area contributed by atoms with Crippen LogP contribution in [-0.4, -0.2) is 34.1 Å². The first kappa shape index (κ1) is 20.2. The van der Waals surface area contributed by atoms with Crippen LogP contribution >= 0.6 is 0 Å². The van der Waals surface area contributed by atoms with Crippen LogP contribution in [-0.2, 0) is 6.42 Å². The molecular formula is C23H31NO2. The Labute approximate surface area is 157 Å². The Morgan fingerprint density at radius 3 is 2.23 bits per heavy atom. The lowest BCUT2D eigenvalue weighted by molar-refractivity contribution is 0.0644. The molecule has 0 aliphatic heterocycles. The van der Waals surface area contributed by atoms with Crippen LogP contribution in [0.2, 0.25) is 0 Å². The first-order chi connectivity index (χ1) is 12.2. The van der Waals surface area contributed by atoms with Gasteiger partial charge in [0, 0.05) is 18.5 Å². The molecule has 2 aromatic rings. The summed E-state index contributed by atoms with van der Waals surface area (Å²) in [6.45, 7) is 12.1. The fourth-order valence-corrected chi connectivity index (χ4v) is 3.60. The van der Waals surface area contributed by atoms with Crippen LogP contribution < -0.4 is 0 Å². The van der Waals surface area contributed by atoms with E-state index in [9.17, 15) is 9.90 Å². The third-order valence-corrected chi connectivity index (χ3v) is 4.53. The molecule has 0 heterocycles. The normalized spacial score (nSPS) is 12.5. The number of aliphatic hydroxyl groups excluding tert-OH is 1. The second-order valence-electron chi connectivity index (χ2n) is 7.74. The zero-order chi connectivity index (χ0) is 19.4. The van der Waals surface area contributed by atoms with Crippen molar-refractivity contribution < 1.29 is 9.90 Å². The minimum absolute atomic E-state index is 0.0335. The van der Waals surface area contributed by atoms with Crippen molar-refractivity contribution in [3.8, 4) is 0 Å². The van der Waals surface area contributed by atoms with Crippen LogP contribution in [0.1, 0.15) is 57.5 Å². The Morgan fingerprint density at radius 2 is 1.65 bits per heavy atom. The maximum absolute atomic E-state index is 13.5. The zero-order valence-electron chi connectivity index (χ0n) is 16.8. The summed E-state index contributed by atoms with van der Waals surface area (Å²) < 4.78 is 0. The maximum Gasteiger partial charge on any atom is 0.255 e. The lowest BCUT2D eigenvalue weighted by atomic mass is 9.93. The second-order valence-corrected chi connectivity index (χ2v) is 7.74. The van der Waals surface area contributed by atoms with Gasteiger partial charge in [-0.05, 0) is 57.9 Å². The van der Waals surface area contributed by atoms with E-state index in [0.717, 1.165) is 21.9 Å². The molecule has 0 aliphatic carbocycles. The smallest absolute Gasteiger partial charge is 0.255 e. The third-order valence-electron chi connectivity index (χ3n) is 4.53. The predicted octanol–water partition coefficient (Wildman–Crippen LogP) is 4.97. The van der Waals surface area contributed by atoms with Crippen molar-refractivity contribution in [1.29, 1.82) is 0 Å². The molecule has 26 heavy (non-hydrogen) atoms. The molecule has 2 aromatic carbocycles. The van der Waals surface area contributed by atoms with Crippen LogP contribution in [0.25, 0.3) is 10.8 Å². The molecule has 1 N–H and O–H groups in total. The molecule has 0 radical (unpaired) electrons. The summed E-state index contributed by atoms with van der Waals surface area (Å²) in [5, 5.41) is 12.4. The monoisotopic (exact) mass is 353 g/mol. The summed E-state index contributed by atoms with van der Waals surface area (Å²) in [5.74, 6) is 0.0335. The minimum Gasteiger partial charge on any atom is -0.389 e. The van der Waals surface area contributed by atoms with Crippen LogP contribution in [0, 0.1) is 0 Å². The van der Waals surface area contributed by atoms with Gasteiger partial charge in [0.15, 0.2) is 0 Å². The van der Waals surface area contributed by atoms with Crippen molar-refractivity contribution in [2.24, 2.45) is 0 Å². The summed E-state index contributed by atoms with van der Waals surface area (Å²) in [6.07, 6.45) is 1.67. The van der Waals surface area contributed by atoms with Gasteiger partial charge in [0.25, 0.3) is 5.91 Å². The molecule has 140 valence electrons. The average molecular weight is 354 g/mol. The maximum atomic E-state index is 13.5. The number of carbonyl (C=O) groups excluding carboxylic acids is 1. The first-order valence-electron chi connectivity index (χ1n) is 9.38. The van der Waals surface area contributed by atoms with E-state index in [1.54, 1.807) is 0 Å². The SMILES string of the molecule is CC(C)=CC(O)Cc1ccc2ccccc2c1C(=O)N(C(C)C)C(C)C. The molecule has 0 saturated heterocycles. The summed E-state index contributed by atoms with van der Waals surface area (Å²) in [6, 6.07) is 12.2. The van der Waals surface area contributed by atoms with Crippen LogP contribution in [0.5, 0.6) is 0 Å². The summed E-state index contributed by atoms with van der Waals surface area (Å²) in [5.41, 5.74) is 2.67. The number of nitrogens with zero attached hydrogens (tertiary/aromatic N) is 1. The molecule has 0 spiro atoms. The molecule has 3 heteroatoms. The molecule has 2 rings (SSSR count). The Bertz CT molecular complexity index is 793. The van der Waals surface area contributed by atoms with Gasteiger partial charge < -0.3 is 10.0 Å². The molecule has 0 aromatic heterocycles. The number of rotatable bonds is 6. The van der Waals surface area contributed by atoms with Crippen molar-refractivity contribution in [3.05, 3.63) is 59.2 Å². The van der Waals surface area contributed by atoms with Gasteiger partial charge in [-0.2, -0.15) is 0 Å². The number of amides is 1. The number of fused-ring (bicyclic) bond motifs is 1.